The number of nitro groups is 1. The number of amides is 1. The number of aromatic nitrogens is 2. The number of hydrogen-bond donors (Lipinski definition) is 1. The number of nitro benzene ring substituents is 1. The van der Waals surface area contributed by atoms with Crippen molar-refractivity contribution in [2.24, 2.45) is 0 Å². The number of para-hydroxylation sites is 2. The van der Waals surface area contributed by atoms with Gasteiger partial charge in [0.15, 0.2) is 12.5 Å². The zero-order valence-corrected chi connectivity index (χ0v) is 11.4. The van der Waals surface area contributed by atoms with E-state index in [9.17, 15) is 14.9 Å². The molecule has 0 saturated heterocycles. The molecular formula is C13H14N4O4. The molecule has 1 aromatic heterocycles. The second-order valence-electron chi connectivity index (χ2n) is 4.10. The van der Waals surface area contributed by atoms with Gasteiger partial charge < -0.3 is 10.1 Å². The first-order valence-corrected chi connectivity index (χ1v) is 6.29. The van der Waals surface area contributed by atoms with Crippen molar-refractivity contribution in [3.63, 3.8) is 0 Å². The summed E-state index contributed by atoms with van der Waals surface area (Å²) < 4.78 is 6.75. The van der Waals surface area contributed by atoms with Crippen molar-refractivity contribution < 1.29 is 14.5 Å². The van der Waals surface area contributed by atoms with Gasteiger partial charge in [0.2, 0.25) is 0 Å². The van der Waals surface area contributed by atoms with E-state index in [0.29, 0.717) is 6.54 Å². The van der Waals surface area contributed by atoms with Gasteiger partial charge in [0.25, 0.3) is 5.91 Å². The highest BCUT2D eigenvalue weighted by molar-refractivity contribution is 5.92. The van der Waals surface area contributed by atoms with E-state index >= 15 is 0 Å². The summed E-state index contributed by atoms with van der Waals surface area (Å²) in [6, 6.07) is 7.62. The maximum atomic E-state index is 11.6. The van der Waals surface area contributed by atoms with E-state index < -0.39 is 4.92 Å². The average Bonchev–Trinajstić information content (AvgIpc) is 2.94. The van der Waals surface area contributed by atoms with Crippen molar-refractivity contribution in [2.75, 3.05) is 6.54 Å². The molecule has 0 bridgehead atoms. The number of nitrogens with zero attached hydrogens (tertiary/aromatic N) is 3. The van der Waals surface area contributed by atoms with E-state index in [1.165, 1.54) is 16.8 Å². The molecule has 0 spiro atoms. The molecule has 0 atom stereocenters. The van der Waals surface area contributed by atoms with Crippen LogP contribution in [-0.2, 0) is 6.73 Å². The molecule has 2 rings (SSSR count). The molecule has 0 aliphatic heterocycles. The van der Waals surface area contributed by atoms with Gasteiger partial charge in [-0.25, -0.2) is 4.68 Å². The molecule has 0 saturated carbocycles. The molecule has 0 radical (unpaired) electrons. The van der Waals surface area contributed by atoms with Crippen LogP contribution in [0.5, 0.6) is 5.75 Å². The third kappa shape index (κ3) is 3.56. The van der Waals surface area contributed by atoms with Crippen LogP contribution in [0.1, 0.15) is 17.4 Å². The standard InChI is InChI=1S/C13H14N4O4/c1-2-14-13(18)10-7-8-16(15-10)9-21-12-6-4-3-5-11(12)17(19)20/h3-8H,2,9H2,1H3,(H,14,18). The molecule has 0 unspecified atom stereocenters. The van der Waals surface area contributed by atoms with Gasteiger partial charge in [-0.05, 0) is 19.1 Å². The topological polar surface area (TPSA) is 99.3 Å². The molecule has 8 heteroatoms. The Morgan fingerprint density at radius 1 is 1.43 bits per heavy atom. The van der Waals surface area contributed by atoms with Crippen molar-refractivity contribution in [3.8, 4) is 5.75 Å². The minimum Gasteiger partial charge on any atom is -0.464 e. The van der Waals surface area contributed by atoms with Crippen LogP contribution >= 0.6 is 0 Å². The van der Waals surface area contributed by atoms with Gasteiger partial charge in [-0.2, -0.15) is 5.10 Å². The number of carbonyl (C=O) groups excluding carboxylic acids is 1. The van der Waals surface area contributed by atoms with Crippen LogP contribution < -0.4 is 10.1 Å². The molecule has 0 fully saturated rings. The third-order valence-electron chi connectivity index (χ3n) is 2.62. The zero-order chi connectivity index (χ0) is 15.2. The maximum absolute atomic E-state index is 11.6. The van der Waals surface area contributed by atoms with Gasteiger partial charge in [0.05, 0.1) is 4.92 Å². The van der Waals surface area contributed by atoms with Gasteiger partial charge in [-0.1, -0.05) is 12.1 Å². The first-order valence-electron chi connectivity index (χ1n) is 6.29. The zero-order valence-electron chi connectivity index (χ0n) is 11.4. The van der Waals surface area contributed by atoms with Crippen molar-refractivity contribution in [1.29, 1.82) is 0 Å². The highest BCUT2D eigenvalue weighted by atomic mass is 16.6. The average molecular weight is 290 g/mol. The lowest BCUT2D eigenvalue weighted by molar-refractivity contribution is -0.386. The second-order valence-corrected chi connectivity index (χ2v) is 4.10. The van der Waals surface area contributed by atoms with Crippen LogP contribution in [-0.4, -0.2) is 27.2 Å². The Kier molecular flexibility index (Phi) is 4.50. The molecule has 1 N–H and O–H groups in total. The smallest absolute Gasteiger partial charge is 0.311 e. The first-order chi connectivity index (χ1) is 10.1. The molecular weight excluding hydrogens is 276 g/mol. The lowest BCUT2D eigenvalue weighted by Crippen LogP contribution is -2.23. The van der Waals surface area contributed by atoms with E-state index in [0.717, 1.165) is 0 Å². The summed E-state index contributed by atoms with van der Waals surface area (Å²) in [5, 5.41) is 17.5. The fourth-order valence-corrected chi connectivity index (χ4v) is 1.67. The monoisotopic (exact) mass is 290 g/mol. The minimum absolute atomic E-state index is 0.0236. The summed E-state index contributed by atoms with van der Waals surface area (Å²) in [5.41, 5.74) is 0.150. The van der Waals surface area contributed by atoms with Gasteiger partial charge in [0.1, 0.15) is 5.69 Å². The Hall–Kier alpha value is -2.90. The van der Waals surface area contributed by atoms with Crippen molar-refractivity contribution in [3.05, 3.63) is 52.3 Å². The lowest BCUT2D eigenvalue weighted by Gasteiger charge is -2.06. The summed E-state index contributed by atoms with van der Waals surface area (Å²) in [6.45, 7) is 2.30. The summed E-state index contributed by atoms with van der Waals surface area (Å²) in [6.07, 6.45) is 1.57. The number of nitrogens with one attached hydrogen (secondary N) is 1. The molecule has 1 amide bonds. The largest absolute Gasteiger partial charge is 0.464 e. The van der Waals surface area contributed by atoms with Gasteiger partial charge in [-0.15, -0.1) is 0 Å². The predicted octanol–water partition coefficient (Wildman–Crippen LogP) is 1.58. The molecule has 1 aromatic carbocycles. The summed E-state index contributed by atoms with van der Waals surface area (Å²) in [5.74, 6) is -0.125. The highest BCUT2D eigenvalue weighted by Crippen LogP contribution is 2.25. The molecule has 8 nitrogen and oxygen atoms in total. The normalized spacial score (nSPS) is 10.1. The van der Waals surface area contributed by atoms with Gasteiger partial charge >= 0.3 is 5.69 Å². The highest BCUT2D eigenvalue weighted by Gasteiger charge is 2.14. The quantitative estimate of drug-likeness (QED) is 0.643. The van der Waals surface area contributed by atoms with Gasteiger partial charge in [-0.3, -0.25) is 14.9 Å². The minimum atomic E-state index is -0.515. The molecule has 0 aliphatic carbocycles. The molecule has 2 aromatic rings. The number of carbonyl (C=O) groups is 1. The van der Waals surface area contributed by atoms with Gasteiger partial charge in [0, 0.05) is 18.8 Å². The Balaban J connectivity index is 2.04. The summed E-state index contributed by atoms with van der Waals surface area (Å²) >= 11 is 0. The second kappa shape index (κ2) is 6.51. The molecule has 0 aliphatic rings. The fourth-order valence-electron chi connectivity index (χ4n) is 1.67. The van der Waals surface area contributed by atoms with Crippen molar-refractivity contribution in [2.45, 2.75) is 13.7 Å². The van der Waals surface area contributed by atoms with Crippen LogP contribution in [0.15, 0.2) is 36.5 Å². The summed E-state index contributed by atoms with van der Waals surface area (Å²) in [7, 11) is 0. The molecule has 110 valence electrons. The van der Waals surface area contributed by atoms with Crippen LogP contribution in [0.25, 0.3) is 0 Å². The SMILES string of the molecule is CCNC(=O)c1ccn(COc2ccccc2[N+](=O)[O-])n1. The Bertz CT molecular complexity index is 653. The molecule has 1 heterocycles. The predicted molar refractivity (Wildman–Crippen MR) is 74.0 cm³/mol. The Morgan fingerprint density at radius 3 is 2.90 bits per heavy atom. The van der Waals surface area contributed by atoms with Crippen LogP contribution in [0, 0.1) is 10.1 Å². The maximum Gasteiger partial charge on any atom is 0.311 e. The number of hydrogen-bond acceptors (Lipinski definition) is 5. The van der Waals surface area contributed by atoms with Crippen LogP contribution in [0.4, 0.5) is 5.69 Å². The third-order valence-corrected chi connectivity index (χ3v) is 2.62. The van der Waals surface area contributed by atoms with Crippen molar-refractivity contribution >= 4 is 11.6 Å². The van der Waals surface area contributed by atoms with Crippen LogP contribution in [0.2, 0.25) is 0 Å². The van der Waals surface area contributed by atoms with E-state index in [2.05, 4.69) is 10.4 Å². The van der Waals surface area contributed by atoms with E-state index in [-0.39, 0.29) is 29.8 Å². The van der Waals surface area contributed by atoms with E-state index in [1.807, 2.05) is 6.92 Å². The number of rotatable bonds is 6. The Morgan fingerprint density at radius 2 is 2.19 bits per heavy atom. The van der Waals surface area contributed by atoms with Crippen LogP contribution in [0.3, 0.4) is 0 Å². The molecule has 21 heavy (non-hydrogen) atoms. The summed E-state index contributed by atoms with van der Waals surface area (Å²) in [4.78, 5) is 21.9. The Labute approximate surface area is 120 Å². The number of ether oxygens (including phenoxy) is 1. The first kappa shape index (κ1) is 14.5. The van der Waals surface area contributed by atoms with E-state index in [1.54, 1.807) is 24.4 Å². The van der Waals surface area contributed by atoms with E-state index in [4.69, 9.17) is 4.74 Å². The lowest BCUT2D eigenvalue weighted by atomic mass is 10.3. The van der Waals surface area contributed by atoms with Crippen molar-refractivity contribution in [1.82, 2.24) is 15.1 Å². The fraction of sp³-hybridized carbons (Fsp3) is 0.231. The number of benzene rings is 1.